The molecule has 0 radical (unpaired) electrons. The second kappa shape index (κ2) is 9.07. The van der Waals surface area contributed by atoms with E-state index in [1.54, 1.807) is 44.2 Å². The highest BCUT2D eigenvalue weighted by Crippen LogP contribution is 2.36. The number of carbonyl (C=O) groups excluding carboxylic acids is 1. The number of carbonyl (C=O) groups is 1. The predicted octanol–water partition coefficient (Wildman–Crippen LogP) is 6.20. The first-order valence-corrected chi connectivity index (χ1v) is 12.1. The van der Waals surface area contributed by atoms with Gasteiger partial charge in [-0.05, 0) is 56.3 Å². The van der Waals surface area contributed by atoms with Gasteiger partial charge in [0.2, 0.25) is 9.84 Å². The van der Waals surface area contributed by atoms with Crippen LogP contribution in [0.2, 0.25) is 0 Å². The van der Waals surface area contributed by atoms with Crippen molar-refractivity contribution in [2.24, 2.45) is 0 Å². The summed E-state index contributed by atoms with van der Waals surface area (Å²) >= 11 is 0. The quantitative estimate of drug-likeness (QED) is 0.356. The largest absolute Gasteiger partial charge is 0.418 e. The summed E-state index contributed by atoms with van der Waals surface area (Å²) in [5.74, 6) is -0.635. The Morgan fingerprint density at radius 3 is 2.14 bits per heavy atom. The van der Waals surface area contributed by atoms with E-state index in [9.17, 15) is 26.4 Å². The summed E-state index contributed by atoms with van der Waals surface area (Å²) in [5, 5.41) is 2.63. The van der Waals surface area contributed by atoms with E-state index in [-0.39, 0.29) is 26.7 Å². The number of rotatable bonds is 5. The highest BCUT2D eigenvalue weighted by Gasteiger charge is 2.34. The molecule has 0 unspecified atom stereocenters. The molecule has 0 aliphatic heterocycles. The molecule has 4 rings (SSSR count). The zero-order chi connectivity index (χ0) is 25.4. The predicted molar refractivity (Wildman–Crippen MR) is 127 cm³/mol. The number of hydrogen-bond acceptors (Lipinski definition) is 3. The van der Waals surface area contributed by atoms with Gasteiger partial charge < -0.3 is 9.88 Å². The Morgan fingerprint density at radius 1 is 0.857 bits per heavy atom. The van der Waals surface area contributed by atoms with Gasteiger partial charge in [0, 0.05) is 11.4 Å². The Morgan fingerprint density at radius 2 is 1.46 bits per heavy atom. The van der Waals surface area contributed by atoms with Crippen LogP contribution in [0.5, 0.6) is 0 Å². The molecule has 180 valence electrons. The van der Waals surface area contributed by atoms with Crippen molar-refractivity contribution in [1.29, 1.82) is 0 Å². The van der Waals surface area contributed by atoms with Crippen LogP contribution in [0.3, 0.4) is 0 Å². The van der Waals surface area contributed by atoms with Crippen LogP contribution in [0.15, 0.2) is 94.7 Å². The molecule has 0 bridgehead atoms. The average Bonchev–Trinajstić information content (AvgIpc) is 3.13. The first-order chi connectivity index (χ1) is 16.5. The van der Waals surface area contributed by atoms with Gasteiger partial charge in [0.25, 0.3) is 5.91 Å². The van der Waals surface area contributed by atoms with Gasteiger partial charge in [-0.2, -0.15) is 13.2 Å². The minimum absolute atomic E-state index is 0.0712. The summed E-state index contributed by atoms with van der Waals surface area (Å²) in [4.78, 5) is 13.2. The molecule has 1 aromatic heterocycles. The molecule has 1 N–H and O–H groups in total. The van der Waals surface area contributed by atoms with Gasteiger partial charge in [-0.1, -0.05) is 42.5 Å². The molecule has 1 amide bonds. The molecule has 35 heavy (non-hydrogen) atoms. The van der Waals surface area contributed by atoms with Crippen LogP contribution in [0.4, 0.5) is 18.9 Å². The van der Waals surface area contributed by atoms with Crippen molar-refractivity contribution in [3.8, 4) is 5.69 Å². The van der Waals surface area contributed by atoms with Crippen molar-refractivity contribution in [2.75, 3.05) is 5.32 Å². The molecule has 3 aromatic carbocycles. The van der Waals surface area contributed by atoms with E-state index >= 15 is 0 Å². The van der Waals surface area contributed by atoms with Crippen molar-refractivity contribution < 1.29 is 26.4 Å². The van der Waals surface area contributed by atoms with Crippen molar-refractivity contribution in [3.63, 3.8) is 0 Å². The lowest BCUT2D eigenvalue weighted by Crippen LogP contribution is -2.16. The second-order valence-electron chi connectivity index (χ2n) is 7.90. The summed E-state index contributed by atoms with van der Waals surface area (Å²) < 4.78 is 68.5. The van der Waals surface area contributed by atoms with Crippen LogP contribution in [-0.4, -0.2) is 18.9 Å². The number of benzene rings is 3. The summed E-state index contributed by atoms with van der Waals surface area (Å²) in [6.45, 7) is 3.15. The van der Waals surface area contributed by atoms with Crippen molar-refractivity contribution in [3.05, 3.63) is 107 Å². The molecule has 9 heteroatoms. The number of nitrogens with zero attached hydrogens (tertiary/aromatic N) is 1. The van der Waals surface area contributed by atoms with Crippen molar-refractivity contribution >= 4 is 21.4 Å². The highest BCUT2D eigenvalue weighted by molar-refractivity contribution is 7.91. The molecule has 0 saturated heterocycles. The molecular weight excluding hydrogens is 477 g/mol. The fourth-order valence-corrected chi connectivity index (χ4v) is 5.43. The summed E-state index contributed by atoms with van der Waals surface area (Å²) in [5.41, 5.74) is -0.00274. The Bertz CT molecular complexity index is 1510. The number of sulfone groups is 1. The van der Waals surface area contributed by atoms with Gasteiger partial charge in [-0.3, -0.25) is 4.79 Å². The fraction of sp³-hybridized carbons (Fsp3) is 0.115. The molecule has 0 aliphatic carbocycles. The first kappa shape index (κ1) is 24.3. The van der Waals surface area contributed by atoms with Crippen molar-refractivity contribution in [1.82, 2.24) is 4.57 Å². The van der Waals surface area contributed by atoms with E-state index in [1.165, 1.54) is 53.1 Å². The number of hydrogen-bond donors (Lipinski definition) is 1. The Balaban J connectivity index is 1.74. The van der Waals surface area contributed by atoms with Crippen molar-refractivity contribution in [2.45, 2.75) is 29.8 Å². The maximum atomic E-state index is 13.6. The number of amides is 1. The molecular formula is C26H21F3N2O3S. The Labute approximate surface area is 200 Å². The van der Waals surface area contributed by atoms with Crippen LogP contribution in [0.25, 0.3) is 5.69 Å². The first-order valence-electron chi connectivity index (χ1n) is 10.6. The molecule has 1 heterocycles. The van der Waals surface area contributed by atoms with Crippen LogP contribution in [-0.2, 0) is 16.0 Å². The zero-order valence-electron chi connectivity index (χ0n) is 18.8. The summed E-state index contributed by atoms with van der Waals surface area (Å²) in [6, 6.07) is 20.4. The summed E-state index contributed by atoms with van der Waals surface area (Å²) in [6.07, 6.45) is -4.58. The van der Waals surface area contributed by atoms with Crippen LogP contribution >= 0.6 is 0 Å². The lowest BCUT2D eigenvalue weighted by Gasteiger charge is -2.17. The normalized spacial score (nSPS) is 11.9. The number of para-hydroxylation sites is 2. The third kappa shape index (κ3) is 4.59. The minimum Gasteiger partial charge on any atom is -0.321 e. The van der Waals surface area contributed by atoms with E-state index < -0.39 is 27.5 Å². The third-order valence-electron chi connectivity index (χ3n) is 5.60. The number of nitrogens with one attached hydrogen (secondary N) is 1. The van der Waals surface area contributed by atoms with Gasteiger partial charge in [-0.25, -0.2) is 8.42 Å². The van der Waals surface area contributed by atoms with E-state index in [0.29, 0.717) is 11.4 Å². The summed E-state index contributed by atoms with van der Waals surface area (Å²) in [7, 11) is -3.92. The van der Waals surface area contributed by atoms with E-state index in [2.05, 4.69) is 5.32 Å². The van der Waals surface area contributed by atoms with Crippen LogP contribution < -0.4 is 5.32 Å². The number of alkyl halides is 3. The second-order valence-corrected chi connectivity index (χ2v) is 9.82. The van der Waals surface area contributed by atoms with Gasteiger partial charge in [0.1, 0.15) is 0 Å². The minimum atomic E-state index is -4.58. The number of aromatic nitrogens is 1. The van der Waals surface area contributed by atoms with E-state index in [4.69, 9.17) is 0 Å². The SMILES string of the molecule is Cc1cc(C(=O)Nc2ccccc2S(=O)(=O)c2ccccc2)c(C)n1-c1ccccc1C(F)(F)F. The van der Waals surface area contributed by atoms with E-state index in [0.717, 1.165) is 6.07 Å². The lowest BCUT2D eigenvalue weighted by atomic mass is 10.1. The lowest BCUT2D eigenvalue weighted by molar-refractivity contribution is -0.137. The van der Waals surface area contributed by atoms with Crippen LogP contribution in [0.1, 0.15) is 27.3 Å². The Kier molecular flexibility index (Phi) is 6.29. The maximum absolute atomic E-state index is 13.6. The Hall–Kier alpha value is -3.85. The van der Waals surface area contributed by atoms with Gasteiger partial charge >= 0.3 is 6.18 Å². The molecule has 0 spiro atoms. The molecule has 0 atom stereocenters. The molecule has 4 aromatic rings. The molecule has 5 nitrogen and oxygen atoms in total. The smallest absolute Gasteiger partial charge is 0.321 e. The number of anilines is 1. The van der Waals surface area contributed by atoms with Crippen LogP contribution in [0, 0.1) is 13.8 Å². The van der Waals surface area contributed by atoms with Gasteiger partial charge in [0.05, 0.1) is 32.3 Å². The fourth-order valence-electron chi connectivity index (χ4n) is 3.99. The average molecular weight is 499 g/mol. The highest BCUT2D eigenvalue weighted by atomic mass is 32.2. The molecule has 0 saturated carbocycles. The standard InChI is InChI=1S/C26H21F3N2O3S/c1-17-16-20(18(2)31(17)23-14-8-6-12-21(23)26(27,28)29)25(32)30-22-13-7-9-15-24(22)35(33,34)19-10-4-3-5-11-19/h3-16H,1-2H3,(H,30,32). The third-order valence-corrected chi connectivity index (χ3v) is 7.43. The molecule has 0 aliphatic rings. The number of aryl methyl sites for hydroxylation is 1. The topological polar surface area (TPSA) is 68.2 Å². The van der Waals surface area contributed by atoms with Gasteiger partial charge in [-0.15, -0.1) is 0 Å². The zero-order valence-corrected chi connectivity index (χ0v) is 19.6. The van der Waals surface area contributed by atoms with E-state index in [1.807, 2.05) is 0 Å². The monoisotopic (exact) mass is 498 g/mol. The van der Waals surface area contributed by atoms with Gasteiger partial charge in [0.15, 0.2) is 0 Å². The number of halogens is 3. The molecule has 0 fully saturated rings. The maximum Gasteiger partial charge on any atom is 0.418 e.